The molecule has 2 aliphatic heterocycles. The van der Waals surface area contributed by atoms with Gasteiger partial charge in [-0.1, -0.05) is 19.8 Å². The third-order valence-electron chi connectivity index (χ3n) is 3.84. The molecular weight excluding hydrogens is 216 g/mol. The van der Waals surface area contributed by atoms with Gasteiger partial charge in [-0.05, 0) is 25.2 Å². The molecule has 2 fully saturated rings. The molecule has 2 aliphatic rings. The molecule has 0 aromatic rings. The normalized spacial score (nSPS) is 30.8. The van der Waals surface area contributed by atoms with Gasteiger partial charge in [-0.3, -0.25) is 0 Å². The van der Waals surface area contributed by atoms with Gasteiger partial charge in [0.1, 0.15) is 0 Å². The minimum atomic E-state index is 0.130. The van der Waals surface area contributed by atoms with Gasteiger partial charge in [-0.2, -0.15) is 0 Å². The first-order valence-electron chi connectivity index (χ1n) is 6.90. The van der Waals surface area contributed by atoms with Crippen LogP contribution in [0.5, 0.6) is 0 Å². The second-order valence-electron chi connectivity index (χ2n) is 5.30. The maximum atomic E-state index is 12.1. The molecule has 2 rings (SSSR count). The molecule has 0 aliphatic carbocycles. The van der Waals surface area contributed by atoms with Gasteiger partial charge in [0.2, 0.25) is 0 Å². The Balaban J connectivity index is 1.82. The Bertz CT molecular complexity index is 250. The molecule has 2 saturated heterocycles. The monoisotopic (exact) mass is 240 g/mol. The first-order chi connectivity index (χ1) is 8.27. The molecule has 4 nitrogen and oxygen atoms in total. The van der Waals surface area contributed by atoms with Crippen molar-refractivity contribution < 1.29 is 9.53 Å². The van der Waals surface area contributed by atoms with Crippen molar-refractivity contribution in [3.05, 3.63) is 0 Å². The molecule has 2 atom stereocenters. The number of nitrogens with zero attached hydrogens (tertiary/aromatic N) is 1. The lowest BCUT2D eigenvalue weighted by Gasteiger charge is -2.32. The van der Waals surface area contributed by atoms with Gasteiger partial charge in [-0.25, -0.2) is 4.79 Å². The van der Waals surface area contributed by atoms with Gasteiger partial charge in [0.05, 0.1) is 6.61 Å². The van der Waals surface area contributed by atoms with Crippen LogP contribution in [0.25, 0.3) is 0 Å². The summed E-state index contributed by atoms with van der Waals surface area (Å²) in [6.07, 6.45) is 5.77. The minimum absolute atomic E-state index is 0.130. The zero-order valence-corrected chi connectivity index (χ0v) is 10.8. The summed E-state index contributed by atoms with van der Waals surface area (Å²) in [6, 6.07) is 0.421. The van der Waals surface area contributed by atoms with E-state index in [0.717, 1.165) is 45.6 Å². The van der Waals surface area contributed by atoms with Crippen molar-refractivity contribution in [1.82, 2.24) is 10.2 Å². The third-order valence-corrected chi connectivity index (χ3v) is 3.84. The topological polar surface area (TPSA) is 41.6 Å². The maximum absolute atomic E-state index is 12.1. The number of hydrogen-bond donors (Lipinski definition) is 1. The fourth-order valence-corrected chi connectivity index (χ4v) is 2.62. The number of rotatable bonds is 1. The molecule has 4 heteroatoms. The minimum Gasteiger partial charge on any atom is -0.381 e. The summed E-state index contributed by atoms with van der Waals surface area (Å²) in [5.74, 6) is 0.430. The molecule has 2 heterocycles. The van der Waals surface area contributed by atoms with Crippen molar-refractivity contribution in [2.24, 2.45) is 5.92 Å². The zero-order chi connectivity index (χ0) is 12.1. The van der Waals surface area contributed by atoms with Crippen molar-refractivity contribution in [2.45, 2.75) is 45.1 Å². The average molecular weight is 240 g/mol. The second-order valence-corrected chi connectivity index (χ2v) is 5.30. The fourth-order valence-electron chi connectivity index (χ4n) is 2.62. The van der Waals surface area contributed by atoms with E-state index in [0.29, 0.717) is 12.0 Å². The van der Waals surface area contributed by atoms with Gasteiger partial charge in [0.15, 0.2) is 0 Å². The van der Waals surface area contributed by atoms with Gasteiger partial charge < -0.3 is 15.0 Å². The number of carbonyl (C=O) groups is 1. The van der Waals surface area contributed by atoms with Crippen LogP contribution in [0.4, 0.5) is 4.79 Å². The first-order valence-corrected chi connectivity index (χ1v) is 6.90. The molecule has 98 valence electrons. The van der Waals surface area contributed by atoms with Crippen molar-refractivity contribution >= 4 is 6.03 Å². The van der Waals surface area contributed by atoms with Gasteiger partial charge in [0.25, 0.3) is 0 Å². The summed E-state index contributed by atoms with van der Waals surface area (Å²) in [7, 11) is 0. The van der Waals surface area contributed by atoms with Crippen molar-refractivity contribution in [3.8, 4) is 0 Å². The van der Waals surface area contributed by atoms with Crippen LogP contribution in [0.3, 0.4) is 0 Å². The van der Waals surface area contributed by atoms with Gasteiger partial charge in [-0.15, -0.1) is 0 Å². The Hall–Kier alpha value is -0.770. The van der Waals surface area contributed by atoms with E-state index < -0.39 is 0 Å². The molecule has 2 unspecified atom stereocenters. The van der Waals surface area contributed by atoms with Crippen molar-refractivity contribution in [2.75, 3.05) is 26.3 Å². The van der Waals surface area contributed by atoms with Crippen LogP contribution in [-0.2, 0) is 4.74 Å². The van der Waals surface area contributed by atoms with Crippen molar-refractivity contribution in [1.29, 1.82) is 0 Å². The van der Waals surface area contributed by atoms with Crippen molar-refractivity contribution in [3.63, 3.8) is 0 Å². The number of nitrogens with one attached hydrogen (secondary N) is 1. The lowest BCUT2D eigenvalue weighted by atomic mass is 9.98. The van der Waals surface area contributed by atoms with E-state index in [2.05, 4.69) is 12.2 Å². The molecule has 1 N–H and O–H groups in total. The van der Waals surface area contributed by atoms with E-state index in [1.54, 1.807) is 0 Å². The predicted molar refractivity (Wildman–Crippen MR) is 67.0 cm³/mol. The van der Waals surface area contributed by atoms with E-state index in [4.69, 9.17) is 4.74 Å². The Morgan fingerprint density at radius 2 is 1.94 bits per heavy atom. The molecule has 0 aromatic heterocycles. The number of urea groups is 1. The molecule has 0 aromatic carbocycles. The van der Waals surface area contributed by atoms with E-state index >= 15 is 0 Å². The first kappa shape index (κ1) is 12.7. The van der Waals surface area contributed by atoms with Crippen LogP contribution >= 0.6 is 0 Å². The van der Waals surface area contributed by atoms with Gasteiger partial charge >= 0.3 is 6.03 Å². The second kappa shape index (κ2) is 6.24. The standard InChI is InChI=1S/C13H24N2O2/c1-11-10-17-9-6-12(11)14-13(16)15-7-4-2-3-5-8-15/h11-12H,2-10H2,1H3,(H,14,16). The van der Waals surface area contributed by atoms with Crippen LogP contribution < -0.4 is 5.32 Å². The lowest BCUT2D eigenvalue weighted by molar-refractivity contribution is 0.0403. The van der Waals surface area contributed by atoms with Crippen LogP contribution in [0.2, 0.25) is 0 Å². The summed E-state index contributed by atoms with van der Waals surface area (Å²) in [6.45, 7) is 5.53. The number of ether oxygens (including phenoxy) is 1. The third kappa shape index (κ3) is 3.60. The van der Waals surface area contributed by atoms with Crippen LogP contribution in [0.15, 0.2) is 0 Å². The van der Waals surface area contributed by atoms with Crippen LogP contribution in [-0.4, -0.2) is 43.3 Å². The van der Waals surface area contributed by atoms with Crippen LogP contribution in [0, 0.1) is 5.92 Å². The van der Waals surface area contributed by atoms with Crippen LogP contribution in [0.1, 0.15) is 39.0 Å². The maximum Gasteiger partial charge on any atom is 0.317 e. The Kier molecular flexibility index (Phi) is 4.66. The van der Waals surface area contributed by atoms with E-state index in [-0.39, 0.29) is 6.03 Å². The fraction of sp³-hybridized carbons (Fsp3) is 0.923. The van der Waals surface area contributed by atoms with Gasteiger partial charge in [0, 0.05) is 25.7 Å². The highest BCUT2D eigenvalue weighted by atomic mass is 16.5. The number of carbonyl (C=O) groups excluding carboxylic acids is 1. The smallest absolute Gasteiger partial charge is 0.317 e. The Morgan fingerprint density at radius 1 is 1.24 bits per heavy atom. The molecule has 0 spiro atoms. The van der Waals surface area contributed by atoms with E-state index in [1.807, 2.05) is 4.90 Å². The highest BCUT2D eigenvalue weighted by molar-refractivity contribution is 5.74. The summed E-state index contributed by atoms with van der Waals surface area (Å²) < 4.78 is 5.39. The Morgan fingerprint density at radius 3 is 2.59 bits per heavy atom. The Labute approximate surface area is 104 Å². The molecular formula is C13H24N2O2. The zero-order valence-electron chi connectivity index (χ0n) is 10.8. The molecule has 0 bridgehead atoms. The number of amides is 2. The van der Waals surface area contributed by atoms with E-state index in [1.165, 1.54) is 12.8 Å². The SMILES string of the molecule is CC1COCCC1NC(=O)N1CCCCCC1. The quantitative estimate of drug-likeness (QED) is 0.761. The number of likely N-dealkylation sites (tertiary alicyclic amines) is 1. The highest BCUT2D eigenvalue weighted by Crippen LogP contribution is 2.15. The molecule has 17 heavy (non-hydrogen) atoms. The average Bonchev–Trinajstić information content (AvgIpc) is 2.61. The molecule has 0 radical (unpaired) electrons. The summed E-state index contributed by atoms with van der Waals surface area (Å²) in [5, 5.41) is 3.17. The predicted octanol–water partition coefficient (Wildman–Crippen LogP) is 2.00. The highest BCUT2D eigenvalue weighted by Gasteiger charge is 2.25. The number of hydrogen-bond acceptors (Lipinski definition) is 2. The summed E-state index contributed by atoms with van der Waals surface area (Å²) in [4.78, 5) is 14.1. The lowest BCUT2D eigenvalue weighted by Crippen LogP contribution is -2.50. The summed E-state index contributed by atoms with van der Waals surface area (Å²) in [5.41, 5.74) is 0. The molecule has 2 amide bonds. The largest absolute Gasteiger partial charge is 0.381 e. The molecule has 0 saturated carbocycles. The van der Waals surface area contributed by atoms with E-state index in [9.17, 15) is 4.79 Å². The summed E-state index contributed by atoms with van der Waals surface area (Å²) >= 11 is 0.